The van der Waals surface area contributed by atoms with Crippen molar-refractivity contribution in [3.8, 4) is 21.7 Å². The van der Waals surface area contributed by atoms with Gasteiger partial charge in [0.05, 0.1) is 35.0 Å². The van der Waals surface area contributed by atoms with Gasteiger partial charge in [0.25, 0.3) is 0 Å². The molecule has 3 aromatic rings. The zero-order valence-corrected chi connectivity index (χ0v) is 17.3. The van der Waals surface area contributed by atoms with Gasteiger partial charge in [0.1, 0.15) is 5.75 Å². The Hall–Kier alpha value is -2.12. The van der Waals surface area contributed by atoms with E-state index in [1.54, 1.807) is 18.4 Å². The summed E-state index contributed by atoms with van der Waals surface area (Å²) in [4.78, 5) is 6.80. The summed E-state index contributed by atoms with van der Waals surface area (Å²) in [5, 5.41) is 2.05. The third kappa shape index (κ3) is 3.73. The number of methoxy groups -OCH3 is 1. The zero-order chi connectivity index (χ0) is 19.5. The maximum Gasteiger partial charge on any atom is 0.159 e. The van der Waals surface area contributed by atoms with Gasteiger partial charge in [0.15, 0.2) is 4.91 Å². The normalized spacial score (nSPS) is 14.4. The molecular weight excluding hydrogens is 388 g/mol. The lowest BCUT2D eigenvalue weighted by molar-refractivity contribution is 0.199. The van der Waals surface area contributed by atoms with E-state index in [0.717, 1.165) is 44.3 Å². The number of hydrogen-bond acceptors (Lipinski definition) is 5. The molecule has 6 heteroatoms. The zero-order valence-electron chi connectivity index (χ0n) is 15.7. The Kier molecular flexibility index (Phi) is 5.82. The minimum Gasteiger partial charge on any atom is -0.612 e. The smallest absolute Gasteiger partial charge is 0.159 e. The Morgan fingerprint density at radius 1 is 1.21 bits per heavy atom. The number of nitrogens with two attached hydrogens (primary N) is 1. The second-order valence-electron chi connectivity index (χ2n) is 6.63. The van der Waals surface area contributed by atoms with Crippen molar-refractivity contribution in [1.82, 2.24) is 4.98 Å². The van der Waals surface area contributed by atoms with Gasteiger partial charge in [0.2, 0.25) is 0 Å². The number of aromatic nitrogens is 1. The average Bonchev–Trinajstić information content (AvgIpc) is 3.37. The molecule has 1 unspecified atom stereocenters. The fourth-order valence-electron chi connectivity index (χ4n) is 3.47. The number of fused-ring (bicyclic) bond motifs is 1. The lowest BCUT2D eigenvalue weighted by Gasteiger charge is -2.12. The van der Waals surface area contributed by atoms with E-state index in [2.05, 4.69) is 29.6 Å². The monoisotopic (exact) mass is 410 g/mol. The molecule has 0 aliphatic heterocycles. The summed E-state index contributed by atoms with van der Waals surface area (Å²) in [5.41, 5.74) is 12.1. The molecule has 0 radical (unpaired) electrons. The van der Waals surface area contributed by atoms with E-state index in [1.165, 1.54) is 0 Å². The van der Waals surface area contributed by atoms with E-state index in [9.17, 15) is 4.55 Å². The summed E-state index contributed by atoms with van der Waals surface area (Å²) >= 11 is 0.542. The molecule has 0 amide bonds. The van der Waals surface area contributed by atoms with E-state index < -0.39 is 11.2 Å². The Bertz CT molecular complexity index is 985. The van der Waals surface area contributed by atoms with E-state index in [0.29, 0.717) is 24.5 Å². The van der Waals surface area contributed by atoms with Gasteiger partial charge in [-0.15, -0.1) is 11.3 Å². The van der Waals surface area contributed by atoms with Crippen molar-refractivity contribution in [1.29, 1.82) is 0 Å². The van der Waals surface area contributed by atoms with Gasteiger partial charge in [-0.3, -0.25) is 4.98 Å². The third-order valence-electron chi connectivity index (χ3n) is 4.80. The van der Waals surface area contributed by atoms with E-state index >= 15 is 0 Å². The average molecular weight is 411 g/mol. The molecule has 4 rings (SSSR count). The molecule has 2 heterocycles. The van der Waals surface area contributed by atoms with Gasteiger partial charge in [-0.05, 0) is 39.8 Å². The maximum atomic E-state index is 12.9. The Balaban J connectivity index is 1.78. The highest BCUT2D eigenvalue weighted by Gasteiger charge is 2.32. The molecule has 0 spiro atoms. The van der Waals surface area contributed by atoms with Gasteiger partial charge < -0.3 is 15.0 Å². The number of nitrogens with zero attached hydrogens (tertiary/aromatic N) is 1. The molecule has 144 valence electrons. The van der Waals surface area contributed by atoms with Crippen molar-refractivity contribution in [3.63, 3.8) is 0 Å². The number of pyridine rings is 1. The van der Waals surface area contributed by atoms with Gasteiger partial charge >= 0.3 is 0 Å². The maximum absolute atomic E-state index is 12.9. The van der Waals surface area contributed by atoms with E-state index in [1.807, 2.05) is 24.3 Å². The van der Waals surface area contributed by atoms with Gasteiger partial charge in [0, 0.05) is 19.1 Å². The molecule has 28 heavy (non-hydrogen) atoms. The highest BCUT2D eigenvalue weighted by atomic mass is 32.2. The Morgan fingerprint density at radius 2 is 2.04 bits per heavy atom. The molecule has 1 aromatic carbocycles. The molecule has 0 bridgehead atoms. The second-order valence-corrected chi connectivity index (χ2v) is 9.17. The molecule has 1 atom stereocenters. The first kappa shape index (κ1) is 19.2. The fourth-order valence-corrected chi connectivity index (χ4v) is 5.43. The summed E-state index contributed by atoms with van der Waals surface area (Å²) in [6.45, 7) is 0.599. The number of allylic oxidation sites excluding steroid dienone is 1. The van der Waals surface area contributed by atoms with Crippen LogP contribution in [0.15, 0.2) is 58.8 Å². The molecule has 4 nitrogen and oxygen atoms in total. The lowest BCUT2D eigenvalue weighted by atomic mass is 9.98. The van der Waals surface area contributed by atoms with Crippen molar-refractivity contribution >= 4 is 28.2 Å². The number of thiophene rings is 1. The largest absolute Gasteiger partial charge is 0.612 e. The molecule has 2 aromatic heterocycles. The Morgan fingerprint density at radius 3 is 2.75 bits per heavy atom. The van der Waals surface area contributed by atoms with Crippen molar-refractivity contribution < 1.29 is 9.29 Å². The van der Waals surface area contributed by atoms with Crippen molar-refractivity contribution in [3.05, 3.63) is 70.1 Å². The molecule has 0 saturated carbocycles. The predicted octanol–water partition coefficient (Wildman–Crippen LogP) is 4.45. The molecule has 0 fully saturated rings. The highest BCUT2D eigenvalue weighted by Crippen LogP contribution is 2.41. The van der Waals surface area contributed by atoms with E-state index in [-0.39, 0.29) is 0 Å². The van der Waals surface area contributed by atoms with Crippen LogP contribution in [-0.2, 0) is 22.3 Å². The van der Waals surface area contributed by atoms with Crippen molar-refractivity contribution in [2.24, 2.45) is 5.73 Å². The minimum absolute atomic E-state index is 0.541. The summed E-state index contributed by atoms with van der Waals surface area (Å²) in [5.74, 6) is 0.552. The first-order valence-corrected chi connectivity index (χ1v) is 11.4. The molecule has 2 N–H and O–H groups in total. The number of ether oxygens (including phenoxy) is 1. The van der Waals surface area contributed by atoms with Crippen LogP contribution >= 0.6 is 11.3 Å². The lowest BCUT2D eigenvalue weighted by Crippen LogP contribution is -2.14. The fraction of sp³-hybridized carbons (Fsp3) is 0.227. The topological polar surface area (TPSA) is 71.2 Å². The van der Waals surface area contributed by atoms with Crippen LogP contribution in [0.4, 0.5) is 0 Å². The number of hydrogen-bond donors (Lipinski definition) is 1. The molecule has 1 aliphatic rings. The molecule has 0 saturated heterocycles. The Labute approximate surface area is 172 Å². The van der Waals surface area contributed by atoms with Gasteiger partial charge in [-0.25, -0.2) is 0 Å². The predicted molar refractivity (Wildman–Crippen MR) is 117 cm³/mol. The van der Waals surface area contributed by atoms with E-state index in [4.69, 9.17) is 15.5 Å². The summed E-state index contributed by atoms with van der Waals surface area (Å²) in [6.07, 6.45) is 1.29. The van der Waals surface area contributed by atoms with Crippen LogP contribution in [0, 0.1) is 0 Å². The number of benzene rings is 1. The minimum atomic E-state index is -1.12. The van der Waals surface area contributed by atoms with Crippen molar-refractivity contribution in [2.75, 3.05) is 19.5 Å². The van der Waals surface area contributed by atoms with Crippen molar-refractivity contribution in [2.45, 2.75) is 12.8 Å². The first-order valence-electron chi connectivity index (χ1n) is 9.18. The van der Waals surface area contributed by atoms with Crippen LogP contribution in [0.5, 0.6) is 0 Å². The second kappa shape index (κ2) is 8.49. The van der Waals surface area contributed by atoms with Crippen LogP contribution in [-0.4, -0.2) is 29.0 Å². The standard InChI is InChI=1S/C22H22N2O2S2/c1-26-10-6-12-28(25)20-14-18-21(22(20)23)16(15-7-3-2-4-8-15)13-17(24-18)19-9-5-11-27-19/h2-5,7-9,11,13H,6,10,12,14,23H2,1H3. The van der Waals surface area contributed by atoms with Gasteiger partial charge in [-0.1, -0.05) is 36.4 Å². The van der Waals surface area contributed by atoms with Crippen LogP contribution in [0.2, 0.25) is 0 Å². The summed E-state index contributed by atoms with van der Waals surface area (Å²) < 4.78 is 17.9. The van der Waals surface area contributed by atoms with Crippen LogP contribution < -0.4 is 5.73 Å². The third-order valence-corrected chi connectivity index (χ3v) is 7.27. The summed E-state index contributed by atoms with van der Waals surface area (Å²) in [6, 6.07) is 16.4. The SMILES string of the molecule is COCCC[S+]([O-])C1=C(N)c2c(-c3ccccc3)cc(-c3cccs3)nc2C1. The van der Waals surface area contributed by atoms with Crippen LogP contribution in [0.3, 0.4) is 0 Å². The van der Waals surface area contributed by atoms with Gasteiger partial charge in [-0.2, -0.15) is 0 Å². The van der Waals surface area contributed by atoms with Crippen LogP contribution in [0.25, 0.3) is 27.4 Å². The summed E-state index contributed by atoms with van der Waals surface area (Å²) in [7, 11) is 1.66. The number of rotatable bonds is 7. The van der Waals surface area contributed by atoms with Crippen LogP contribution in [0.1, 0.15) is 17.7 Å². The first-order chi connectivity index (χ1) is 13.7. The molecule has 1 aliphatic carbocycles. The highest BCUT2D eigenvalue weighted by molar-refractivity contribution is 7.95. The molecular formula is C22H22N2O2S2. The quantitative estimate of drug-likeness (QED) is 0.461.